The molecule has 0 aliphatic carbocycles. The van der Waals surface area contributed by atoms with Gasteiger partial charge in [-0.1, -0.05) is 170 Å². The van der Waals surface area contributed by atoms with E-state index >= 15 is 0 Å². The zero-order chi connectivity index (χ0) is 44.4. The number of aryl methyl sites for hydroxylation is 2. The van der Waals surface area contributed by atoms with Crippen LogP contribution in [0.1, 0.15) is 11.1 Å². The minimum Gasteiger partial charge on any atom is -0.310 e. The molecular weight excluding hydrogens is 797 g/mol. The van der Waals surface area contributed by atoms with Gasteiger partial charge in [-0.25, -0.2) is 0 Å². The maximum absolute atomic E-state index is 2.41. The Kier molecular flexibility index (Phi) is 10.8. The summed E-state index contributed by atoms with van der Waals surface area (Å²) in [7, 11) is 0. The SMILES string of the molecule is Cc1c2ccc(N(c3ccccc3)c3cc(-c4ccccc4)cc(-c4ccccc4)c3)cc2c(C)c2ccc(N(c3ccccc3)c3cc(-c4ccccc4)cc(-c4ccccc4)c3)cc12. The lowest BCUT2D eigenvalue weighted by atomic mass is 9.91. The molecule has 0 amide bonds. The summed E-state index contributed by atoms with van der Waals surface area (Å²) < 4.78 is 0. The highest BCUT2D eigenvalue weighted by Gasteiger charge is 2.20. The zero-order valence-electron chi connectivity index (χ0n) is 37.1. The lowest BCUT2D eigenvalue weighted by Crippen LogP contribution is -2.11. The molecule has 11 aromatic rings. The van der Waals surface area contributed by atoms with Gasteiger partial charge in [0.15, 0.2) is 0 Å². The van der Waals surface area contributed by atoms with E-state index in [-0.39, 0.29) is 0 Å². The average Bonchev–Trinajstić information content (AvgIpc) is 3.39. The molecule has 0 heterocycles. The van der Waals surface area contributed by atoms with Crippen LogP contribution in [0.5, 0.6) is 0 Å². The Labute approximate surface area is 388 Å². The van der Waals surface area contributed by atoms with E-state index in [0.717, 1.165) is 34.1 Å². The van der Waals surface area contributed by atoms with E-state index in [4.69, 9.17) is 0 Å². The zero-order valence-corrected chi connectivity index (χ0v) is 37.1. The van der Waals surface area contributed by atoms with E-state index in [1.807, 2.05) is 0 Å². The van der Waals surface area contributed by atoms with Gasteiger partial charge in [-0.15, -0.1) is 0 Å². The van der Waals surface area contributed by atoms with Crippen LogP contribution in [0.4, 0.5) is 34.1 Å². The van der Waals surface area contributed by atoms with Gasteiger partial charge in [0.25, 0.3) is 0 Å². The van der Waals surface area contributed by atoms with E-state index in [2.05, 4.69) is 278 Å². The molecule has 0 unspecified atom stereocenters. The topological polar surface area (TPSA) is 6.48 Å². The maximum Gasteiger partial charge on any atom is 0.0473 e. The predicted molar refractivity (Wildman–Crippen MR) is 282 cm³/mol. The van der Waals surface area contributed by atoms with Gasteiger partial charge in [0, 0.05) is 34.1 Å². The smallest absolute Gasteiger partial charge is 0.0473 e. The van der Waals surface area contributed by atoms with E-state index in [0.29, 0.717) is 0 Å². The molecule has 0 radical (unpaired) electrons. The molecule has 0 N–H and O–H groups in total. The fraction of sp³-hybridized carbons (Fsp3) is 0.0312. The van der Waals surface area contributed by atoms with Gasteiger partial charge < -0.3 is 9.80 Å². The second-order valence-corrected chi connectivity index (χ2v) is 17.1. The number of hydrogen-bond acceptors (Lipinski definition) is 2. The molecule has 11 aromatic carbocycles. The summed E-state index contributed by atoms with van der Waals surface area (Å²) in [6.07, 6.45) is 0. The number of benzene rings is 11. The molecule has 0 fully saturated rings. The van der Waals surface area contributed by atoms with Crippen LogP contribution in [0.15, 0.2) is 255 Å². The lowest BCUT2D eigenvalue weighted by Gasteiger charge is -2.28. The van der Waals surface area contributed by atoms with E-state index < -0.39 is 0 Å². The van der Waals surface area contributed by atoms with Crippen LogP contribution < -0.4 is 9.80 Å². The van der Waals surface area contributed by atoms with Crippen LogP contribution in [-0.2, 0) is 0 Å². The second-order valence-electron chi connectivity index (χ2n) is 17.1. The number of hydrogen-bond donors (Lipinski definition) is 0. The molecule has 2 heteroatoms. The number of fused-ring (bicyclic) bond motifs is 2. The molecule has 11 rings (SSSR count). The van der Waals surface area contributed by atoms with Crippen LogP contribution >= 0.6 is 0 Å². The Morgan fingerprint density at radius 1 is 0.197 bits per heavy atom. The molecule has 0 aliphatic heterocycles. The monoisotopic (exact) mass is 844 g/mol. The molecule has 0 atom stereocenters. The van der Waals surface area contributed by atoms with Crippen LogP contribution in [0.3, 0.4) is 0 Å². The first-order chi connectivity index (χ1) is 32.6. The van der Waals surface area contributed by atoms with Gasteiger partial charge in [0.2, 0.25) is 0 Å². The summed E-state index contributed by atoms with van der Waals surface area (Å²) in [5.41, 5.74) is 18.6. The van der Waals surface area contributed by atoms with Crippen molar-refractivity contribution in [1.29, 1.82) is 0 Å². The van der Waals surface area contributed by atoms with Crippen LogP contribution in [0.2, 0.25) is 0 Å². The van der Waals surface area contributed by atoms with Crippen molar-refractivity contribution in [3.8, 4) is 44.5 Å². The quantitative estimate of drug-likeness (QED) is 0.127. The van der Waals surface area contributed by atoms with Crippen molar-refractivity contribution >= 4 is 55.7 Å². The molecular formula is C64H48N2. The number of nitrogens with zero attached hydrogens (tertiary/aromatic N) is 2. The third-order valence-corrected chi connectivity index (χ3v) is 12.9. The molecule has 66 heavy (non-hydrogen) atoms. The van der Waals surface area contributed by atoms with Gasteiger partial charge in [0.05, 0.1) is 0 Å². The standard InChI is InChI=1S/C64H48N2/c1-45-61-35-33-58(66(56-31-19-8-20-32-56)60-41-53(49-25-13-5-14-26-49)38-54(42-60)50-27-15-6-16-28-50)44-64(61)46(2)62-36-34-57(43-63(45)62)65(55-29-17-7-18-30-55)59-39-51(47-21-9-3-10-22-47)37-52(40-59)48-23-11-4-12-24-48/h3-44H,1-2H3. The fourth-order valence-electron chi connectivity index (χ4n) is 9.63. The normalized spacial score (nSPS) is 11.2. The van der Waals surface area contributed by atoms with E-state index in [9.17, 15) is 0 Å². The number of rotatable bonds is 10. The van der Waals surface area contributed by atoms with E-state index in [1.54, 1.807) is 0 Å². The molecule has 0 saturated heterocycles. The van der Waals surface area contributed by atoms with Crippen molar-refractivity contribution < 1.29 is 0 Å². The van der Waals surface area contributed by atoms with Crippen molar-refractivity contribution in [2.45, 2.75) is 13.8 Å². The Balaban J connectivity index is 1.07. The van der Waals surface area contributed by atoms with Crippen molar-refractivity contribution in [3.63, 3.8) is 0 Å². The molecule has 2 nitrogen and oxygen atoms in total. The maximum atomic E-state index is 2.41. The van der Waals surface area contributed by atoms with Crippen molar-refractivity contribution in [2.24, 2.45) is 0 Å². The van der Waals surface area contributed by atoms with Gasteiger partial charge in [-0.2, -0.15) is 0 Å². The highest BCUT2D eigenvalue weighted by Crippen LogP contribution is 2.45. The van der Waals surface area contributed by atoms with Gasteiger partial charge in [-0.3, -0.25) is 0 Å². The summed E-state index contributed by atoms with van der Waals surface area (Å²) >= 11 is 0. The lowest BCUT2D eigenvalue weighted by molar-refractivity contribution is 1.28. The molecule has 0 bridgehead atoms. The molecule has 0 aliphatic rings. The first-order valence-corrected chi connectivity index (χ1v) is 22.7. The van der Waals surface area contributed by atoms with Crippen LogP contribution in [0, 0.1) is 13.8 Å². The predicted octanol–water partition coefficient (Wildman–Crippen LogP) is 18.2. The van der Waals surface area contributed by atoms with Crippen LogP contribution in [0.25, 0.3) is 66.1 Å². The molecule has 0 spiro atoms. The summed E-state index contributed by atoms with van der Waals surface area (Å²) in [4.78, 5) is 4.82. The van der Waals surface area contributed by atoms with E-state index in [1.165, 1.54) is 77.2 Å². The van der Waals surface area contributed by atoms with Crippen LogP contribution in [-0.4, -0.2) is 0 Å². The Hall–Kier alpha value is -8.46. The van der Waals surface area contributed by atoms with Crippen molar-refractivity contribution in [3.05, 3.63) is 266 Å². The second kappa shape index (κ2) is 17.6. The average molecular weight is 845 g/mol. The molecule has 314 valence electrons. The Bertz CT molecular complexity index is 3110. The van der Waals surface area contributed by atoms with Gasteiger partial charge in [-0.05, 0) is 176 Å². The third kappa shape index (κ3) is 7.80. The summed E-state index contributed by atoms with van der Waals surface area (Å²) in [5, 5.41) is 4.99. The highest BCUT2D eigenvalue weighted by molar-refractivity contribution is 6.08. The summed E-state index contributed by atoms with van der Waals surface area (Å²) in [6.45, 7) is 4.57. The number of anilines is 6. The van der Waals surface area contributed by atoms with Crippen molar-refractivity contribution in [1.82, 2.24) is 0 Å². The Morgan fingerprint density at radius 2 is 0.470 bits per heavy atom. The summed E-state index contributed by atoms with van der Waals surface area (Å²) in [5.74, 6) is 0. The largest absolute Gasteiger partial charge is 0.310 e. The Morgan fingerprint density at radius 3 is 0.758 bits per heavy atom. The minimum atomic E-state index is 1.10. The van der Waals surface area contributed by atoms with Gasteiger partial charge >= 0.3 is 0 Å². The minimum absolute atomic E-state index is 1.10. The molecule has 0 aromatic heterocycles. The third-order valence-electron chi connectivity index (χ3n) is 12.9. The summed E-state index contributed by atoms with van der Waals surface area (Å²) in [6, 6.07) is 92.3. The first kappa shape index (κ1) is 40.3. The fourth-order valence-corrected chi connectivity index (χ4v) is 9.63. The van der Waals surface area contributed by atoms with Crippen molar-refractivity contribution in [2.75, 3.05) is 9.80 Å². The van der Waals surface area contributed by atoms with Gasteiger partial charge in [0.1, 0.15) is 0 Å². The molecule has 0 saturated carbocycles. The number of para-hydroxylation sites is 2. The highest BCUT2D eigenvalue weighted by atomic mass is 15.1. The first-order valence-electron chi connectivity index (χ1n) is 22.7.